The summed E-state index contributed by atoms with van der Waals surface area (Å²) < 4.78 is 17.6. The van der Waals surface area contributed by atoms with E-state index in [-0.39, 0.29) is 31.0 Å². The number of aliphatic hydroxyl groups is 1. The first-order valence-corrected chi connectivity index (χ1v) is 15.0. The minimum atomic E-state index is -1.24. The van der Waals surface area contributed by atoms with E-state index in [1.807, 2.05) is 12.1 Å². The molecular weight excluding hydrogens is 409 g/mol. The molecule has 1 aromatic carbocycles. The molecule has 1 saturated heterocycles. The van der Waals surface area contributed by atoms with E-state index in [0.29, 0.717) is 19.7 Å². The molecule has 0 spiro atoms. The van der Waals surface area contributed by atoms with Crippen molar-refractivity contribution in [3.63, 3.8) is 0 Å². The van der Waals surface area contributed by atoms with Crippen LogP contribution in [0.4, 0.5) is 4.79 Å². The van der Waals surface area contributed by atoms with Crippen LogP contribution in [0.5, 0.6) is 0 Å². The third-order valence-corrected chi connectivity index (χ3v) is 7.81. The largest absolute Gasteiger partial charge is 0.494 e. The van der Waals surface area contributed by atoms with Crippen molar-refractivity contribution in [1.29, 1.82) is 0 Å². The lowest BCUT2D eigenvalue weighted by molar-refractivity contribution is 0.00578. The highest BCUT2D eigenvalue weighted by Crippen LogP contribution is 2.36. The third kappa shape index (κ3) is 7.63. The molecule has 1 amide bonds. The summed E-state index contributed by atoms with van der Waals surface area (Å²) in [5, 5.41) is 9.30. The molecule has 1 aliphatic rings. The number of nitrogens with zero attached hydrogens (tertiary/aromatic N) is 1. The standard InChI is InChI=1S/C23H40BNO5Si/c1-22(2)23(3,4)30-24(29-22)20-12-10-19(11-13-20)9-8-14-25(15-16-26)21(27)28-17-18-31(5,6)7/h10-13,26H,8-9,14-18H2,1-7H3. The first kappa shape index (κ1) is 25.9. The second kappa shape index (κ2) is 10.5. The van der Waals surface area contributed by atoms with Gasteiger partial charge < -0.3 is 24.1 Å². The molecule has 174 valence electrons. The number of carbonyl (C=O) groups excluding carboxylic acids is 1. The van der Waals surface area contributed by atoms with Crippen molar-refractivity contribution in [1.82, 2.24) is 4.90 Å². The van der Waals surface area contributed by atoms with Crippen LogP contribution in [0, 0.1) is 0 Å². The SMILES string of the molecule is CC1(C)OB(c2ccc(CCCN(CCO)C(=O)OCC[Si](C)(C)C)cc2)OC1(C)C. The van der Waals surface area contributed by atoms with Gasteiger partial charge in [0.25, 0.3) is 0 Å². The highest BCUT2D eigenvalue weighted by atomic mass is 28.3. The molecule has 1 heterocycles. The number of benzene rings is 1. The average Bonchev–Trinajstić information content (AvgIpc) is 2.88. The lowest BCUT2D eigenvalue weighted by Gasteiger charge is -2.32. The maximum atomic E-state index is 12.3. The Morgan fingerprint density at radius 1 is 1.06 bits per heavy atom. The normalized spacial score (nSPS) is 17.6. The smallest absolute Gasteiger partial charge is 0.450 e. The van der Waals surface area contributed by atoms with Crippen LogP contribution >= 0.6 is 0 Å². The van der Waals surface area contributed by atoms with Gasteiger partial charge in [0.15, 0.2) is 0 Å². The van der Waals surface area contributed by atoms with E-state index in [1.54, 1.807) is 4.90 Å². The maximum absolute atomic E-state index is 12.3. The van der Waals surface area contributed by atoms with E-state index >= 15 is 0 Å². The third-order valence-electron chi connectivity index (χ3n) is 6.10. The van der Waals surface area contributed by atoms with Gasteiger partial charge in [0.1, 0.15) is 0 Å². The van der Waals surface area contributed by atoms with Crippen LogP contribution in [0.15, 0.2) is 24.3 Å². The van der Waals surface area contributed by atoms with Crippen LogP contribution in [0.3, 0.4) is 0 Å². The summed E-state index contributed by atoms with van der Waals surface area (Å²) in [7, 11) is -1.60. The van der Waals surface area contributed by atoms with Gasteiger partial charge in [-0.05, 0) is 57.6 Å². The van der Waals surface area contributed by atoms with E-state index < -0.39 is 8.07 Å². The summed E-state index contributed by atoms with van der Waals surface area (Å²) in [6.45, 7) is 16.2. The maximum Gasteiger partial charge on any atom is 0.494 e. The van der Waals surface area contributed by atoms with Gasteiger partial charge in [-0.25, -0.2) is 4.79 Å². The molecule has 0 aliphatic carbocycles. The van der Waals surface area contributed by atoms with Crippen molar-refractivity contribution >= 4 is 26.7 Å². The van der Waals surface area contributed by atoms with Crippen LogP contribution in [0.1, 0.15) is 39.7 Å². The second-order valence-corrected chi connectivity index (χ2v) is 16.2. The van der Waals surface area contributed by atoms with Crippen LogP contribution in [0.25, 0.3) is 0 Å². The molecule has 8 heteroatoms. The van der Waals surface area contributed by atoms with Gasteiger partial charge in [0.2, 0.25) is 0 Å². The molecule has 0 unspecified atom stereocenters. The molecule has 0 bridgehead atoms. The Morgan fingerprint density at radius 3 is 2.16 bits per heavy atom. The number of rotatable bonds is 10. The van der Waals surface area contributed by atoms with Crippen molar-refractivity contribution in [2.24, 2.45) is 0 Å². The van der Waals surface area contributed by atoms with E-state index in [2.05, 4.69) is 59.5 Å². The predicted molar refractivity (Wildman–Crippen MR) is 129 cm³/mol. The second-order valence-electron chi connectivity index (χ2n) is 10.6. The number of hydrogen-bond donors (Lipinski definition) is 1. The van der Waals surface area contributed by atoms with E-state index in [4.69, 9.17) is 14.0 Å². The molecule has 1 N–H and O–H groups in total. The van der Waals surface area contributed by atoms with Crippen LogP contribution in [0.2, 0.25) is 25.7 Å². The highest BCUT2D eigenvalue weighted by Gasteiger charge is 2.51. The molecule has 6 nitrogen and oxygen atoms in total. The molecular formula is C23H40BNO5Si. The summed E-state index contributed by atoms with van der Waals surface area (Å²) >= 11 is 0. The van der Waals surface area contributed by atoms with Crippen molar-refractivity contribution < 1.29 is 23.9 Å². The van der Waals surface area contributed by atoms with E-state index in [1.165, 1.54) is 5.56 Å². The fourth-order valence-corrected chi connectivity index (χ4v) is 3.96. The fraction of sp³-hybridized carbons (Fsp3) is 0.696. The molecule has 0 atom stereocenters. The van der Waals surface area contributed by atoms with Gasteiger partial charge >= 0.3 is 13.2 Å². The first-order chi connectivity index (χ1) is 14.3. The molecule has 1 fully saturated rings. The van der Waals surface area contributed by atoms with Gasteiger partial charge in [-0.1, -0.05) is 43.9 Å². The lowest BCUT2D eigenvalue weighted by atomic mass is 9.78. The van der Waals surface area contributed by atoms with Gasteiger partial charge in [-0.3, -0.25) is 0 Å². The number of hydrogen-bond acceptors (Lipinski definition) is 5. The molecule has 0 aromatic heterocycles. The van der Waals surface area contributed by atoms with Gasteiger partial charge in [-0.15, -0.1) is 0 Å². The molecule has 1 aliphatic heterocycles. The highest BCUT2D eigenvalue weighted by molar-refractivity contribution is 6.76. The Morgan fingerprint density at radius 2 is 1.65 bits per heavy atom. The summed E-state index contributed by atoms with van der Waals surface area (Å²) in [5.74, 6) is 0. The first-order valence-electron chi connectivity index (χ1n) is 11.3. The number of carbonyl (C=O) groups is 1. The number of aliphatic hydroxyl groups excluding tert-OH is 1. The summed E-state index contributed by atoms with van der Waals surface area (Å²) in [6.07, 6.45) is 1.32. The molecule has 1 aromatic rings. The van der Waals surface area contributed by atoms with Gasteiger partial charge in [0.05, 0.1) is 24.4 Å². The van der Waals surface area contributed by atoms with E-state index in [9.17, 15) is 9.90 Å². The zero-order chi connectivity index (χ0) is 23.3. The van der Waals surface area contributed by atoms with Crippen molar-refractivity contribution in [3.8, 4) is 0 Å². The average molecular weight is 449 g/mol. The predicted octanol–water partition coefficient (Wildman–Crippen LogP) is 3.69. The van der Waals surface area contributed by atoms with Gasteiger partial charge in [-0.2, -0.15) is 0 Å². The van der Waals surface area contributed by atoms with E-state index in [0.717, 1.165) is 24.3 Å². The molecule has 31 heavy (non-hydrogen) atoms. The van der Waals surface area contributed by atoms with Crippen LogP contribution in [-0.2, 0) is 20.5 Å². The van der Waals surface area contributed by atoms with Gasteiger partial charge in [0, 0.05) is 21.2 Å². The Balaban J connectivity index is 1.83. The monoisotopic (exact) mass is 449 g/mol. The Labute approximate surface area is 189 Å². The quantitative estimate of drug-likeness (QED) is 0.552. The lowest BCUT2D eigenvalue weighted by Crippen LogP contribution is -2.41. The van der Waals surface area contributed by atoms with Crippen LogP contribution < -0.4 is 5.46 Å². The molecule has 0 saturated carbocycles. The molecule has 0 radical (unpaired) electrons. The fourth-order valence-electron chi connectivity index (χ4n) is 3.25. The van der Waals surface area contributed by atoms with Crippen molar-refractivity contribution in [2.75, 3.05) is 26.3 Å². The molecule has 2 rings (SSSR count). The zero-order valence-electron chi connectivity index (χ0n) is 20.4. The Hall–Kier alpha value is -1.35. The topological polar surface area (TPSA) is 68.2 Å². The Kier molecular flexibility index (Phi) is 8.79. The Bertz CT molecular complexity index is 702. The zero-order valence-corrected chi connectivity index (χ0v) is 21.4. The van der Waals surface area contributed by atoms with Crippen molar-refractivity contribution in [3.05, 3.63) is 29.8 Å². The summed E-state index contributed by atoms with van der Waals surface area (Å²) in [6, 6.07) is 9.22. The minimum Gasteiger partial charge on any atom is -0.450 e. The number of amides is 1. The van der Waals surface area contributed by atoms with Crippen LogP contribution in [-0.4, -0.2) is 68.8 Å². The summed E-state index contributed by atoms with van der Waals surface area (Å²) in [5.41, 5.74) is 1.50. The summed E-state index contributed by atoms with van der Waals surface area (Å²) in [4.78, 5) is 13.9. The number of aryl methyl sites for hydroxylation is 1. The minimum absolute atomic E-state index is 0.0636. The number of ether oxygens (including phenoxy) is 1. The van der Waals surface area contributed by atoms with Crippen molar-refractivity contribution in [2.45, 2.75) is 77.4 Å².